The number of aromatic nitrogens is 2. The Hall–Kier alpha value is -3.56. The third kappa shape index (κ3) is 6.20. The number of ether oxygens (including phenoxy) is 1. The second-order valence-corrected chi connectivity index (χ2v) is 11.3. The van der Waals surface area contributed by atoms with Crippen LogP contribution < -0.4 is 14.7 Å². The average molecular weight is 545 g/mol. The van der Waals surface area contributed by atoms with Gasteiger partial charge in [-0.15, -0.1) is 0 Å². The van der Waals surface area contributed by atoms with E-state index in [1.807, 2.05) is 24.9 Å². The van der Waals surface area contributed by atoms with Gasteiger partial charge in [0.1, 0.15) is 5.60 Å². The molecule has 0 saturated heterocycles. The Morgan fingerprint density at radius 2 is 2.05 bits per heavy atom. The highest BCUT2D eigenvalue weighted by atomic mass is 19.3. The van der Waals surface area contributed by atoms with Gasteiger partial charge in [0, 0.05) is 25.6 Å². The van der Waals surface area contributed by atoms with Gasteiger partial charge in [-0.1, -0.05) is 6.92 Å². The van der Waals surface area contributed by atoms with Crippen LogP contribution >= 0.6 is 0 Å². The fraction of sp³-hybridized carbons (Fsp3) is 0.556. The van der Waals surface area contributed by atoms with Crippen LogP contribution in [0.1, 0.15) is 51.3 Å². The lowest BCUT2D eigenvalue weighted by Crippen LogP contribution is -2.51. The van der Waals surface area contributed by atoms with E-state index in [0.29, 0.717) is 43.7 Å². The number of alkyl halides is 2. The molecular formula is C27H34F2N6O4. The largest absolute Gasteiger partial charge is 0.465 e. The number of carbonyl (C=O) groups is 1. The van der Waals surface area contributed by atoms with Crippen molar-refractivity contribution in [1.29, 1.82) is 5.26 Å². The van der Waals surface area contributed by atoms with Gasteiger partial charge in [0.05, 0.1) is 53.9 Å². The van der Waals surface area contributed by atoms with Crippen LogP contribution in [0, 0.1) is 22.7 Å². The summed E-state index contributed by atoms with van der Waals surface area (Å²) in [7, 11) is 1.93. The van der Waals surface area contributed by atoms with Crippen molar-refractivity contribution < 1.29 is 28.5 Å². The standard InChI is InChI=1S/C27H34F2N6O4/c1-26(2,38)21-12-32-23(13-31-21)35(25(36)37)14-18-6-8-22(39-24(28)29)27(3,10-18)15-34-16-33(4)19-7-5-17(11-30)9-20(19)34/h5,7,9,12-13,18,22,24,38H,6,8,10,14-16H2,1-4H3,(H,36,37)/t18?,22?,27-/m0/s1. The van der Waals surface area contributed by atoms with Crippen molar-refractivity contribution in [1.82, 2.24) is 9.97 Å². The van der Waals surface area contributed by atoms with E-state index in [0.717, 1.165) is 16.3 Å². The molecule has 2 aromatic rings. The lowest BCUT2D eigenvalue weighted by molar-refractivity contribution is -0.203. The van der Waals surface area contributed by atoms with Gasteiger partial charge in [-0.3, -0.25) is 9.88 Å². The van der Waals surface area contributed by atoms with Crippen molar-refractivity contribution in [3.8, 4) is 6.07 Å². The van der Waals surface area contributed by atoms with E-state index in [9.17, 15) is 29.1 Å². The van der Waals surface area contributed by atoms with Gasteiger partial charge in [0.25, 0.3) is 0 Å². The molecule has 39 heavy (non-hydrogen) atoms. The van der Waals surface area contributed by atoms with Crippen LogP contribution in [0.2, 0.25) is 0 Å². The zero-order valence-electron chi connectivity index (χ0n) is 22.5. The number of fused-ring (bicyclic) bond motifs is 1. The number of aliphatic hydroxyl groups is 1. The lowest BCUT2D eigenvalue weighted by Gasteiger charge is -2.46. The van der Waals surface area contributed by atoms with Gasteiger partial charge in [0.15, 0.2) is 5.82 Å². The van der Waals surface area contributed by atoms with Gasteiger partial charge in [-0.25, -0.2) is 9.78 Å². The minimum Gasteiger partial charge on any atom is -0.465 e. The molecule has 10 nitrogen and oxygen atoms in total. The van der Waals surface area contributed by atoms with E-state index in [1.165, 1.54) is 12.4 Å². The molecule has 2 N–H and O–H groups in total. The summed E-state index contributed by atoms with van der Waals surface area (Å²) >= 11 is 0. The molecule has 0 bridgehead atoms. The quantitative estimate of drug-likeness (QED) is 0.498. The van der Waals surface area contributed by atoms with Crippen LogP contribution in [0.3, 0.4) is 0 Å². The number of benzene rings is 1. The predicted octanol–water partition coefficient (Wildman–Crippen LogP) is 4.39. The molecule has 2 heterocycles. The van der Waals surface area contributed by atoms with Crippen molar-refractivity contribution in [2.75, 3.05) is 41.5 Å². The maximum Gasteiger partial charge on any atom is 0.413 e. The summed E-state index contributed by atoms with van der Waals surface area (Å²) in [6, 6.07) is 7.57. The average Bonchev–Trinajstić information content (AvgIpc) is 3.17. The van der Waals surface area contributed by atoms with Crippen LogP contribution in [0.25, 0.3) is 0 Å². The topological polar surface area (TPSA) is 126 Å². The predicted molar refractivity (Wildman–Crippen MR) is 141 cm³/mol. The van der Waals surface area contributed by atoms with Crippen molar-refractivity contribution in [3.05, 3.63) is 41.9 Å². The van der Waals surface area contributed by atoms with E-state index >= 15 is 0 Å². The zero-order valence-corrected chi connectivity index (χ0v) is 22.5. The first-order valence-electron chi connectivity index (χ1n) is 12.8. The molecule has 1 aliphatic heterocycles. The van der Waals surface area contributed by atoms with E-state index < -0.39 is 29.8 Å². The Kier molecular flexibility index (Phi) is 7.95. The Morgan fingerprint density at radius 1 is 1.31 bits per heavy atom. The Balaban J connectivity index is 1.57. The number of hydrogen-bond donors (Lipinski definition) is 2. The molecule has 2 unspecified atom stereocenters. The number of nitriles is 1. The first-order valence-corrected chi connectivity index (χ1v) is 12.8. The van der Waals surface area contributed by atoms with Gasteiger partial charge < -0.3 is 24.7 Å². The molecule has 0 radical (unpaired) electrons. The highest BCUT2D eigenvalue weighted by molar-refractivity contribution is 5.84. The van der Waals surface area contributed by atoms with Crippen molar-refractivity contribution >= 4 is 23.3 Å². The second-order valence-electron chi connectivity index (χ2n) is 11.3. The van der Waals surface area contributed by atoms with E-state index in [2.05, 4.69) is 20.9 Å². The summed E-state index contributed by atoms with van der Waals surface area (Å²) in [4.78, 5) is 25.8. The number of rotatable bonds is 8. The van der Waals surface area contributed by atoms with Gasteiger partial charge >= 0.3 is 12.7 Å². The number of hydrogen-bond acceptors (Lipinski definition) is 8. The first kappa shape index (κ1) is 28.4. The Bertz CT molecular complexity index is 1230. The molecular weight excluding hydrogens is 510 g/mol. The fourth-order valence-corrected chi connectivity index (χ4v) is 5.76. The van der Waals surface area contributed by atoms with E-state index in [1.54, 1.807) is 26.0 Å². The van der Waals surface area contributed by atoms with Crippen LogP contribution in [-0.2, 0) is 10.3 Å². The zero-order chi connectivity index (χ0) is 28.5. The smallest absolute Gasteiger partial charge is 0.413 e. The number of carboxylic acid groups (broad SMARTS) is 1. The van der Waals surface area contributed by atoms with Gasteiger partial charge in [-0.2, -0.15) is 14.0 Å². The fourth-order valence-electron chi connectivity index (χ4n) is 5.76. The van der Waals surface area contributed by atoms with Crippen LogP contribution in [0.5, 0.6) is 0 Å². The number of nitrogens with zero attached hydrogens (tertiary/aromatic N) is 6. The summed E-state index contributed by atoms with van der Waals surface area (Å²) < 4.78 is 32.0. The van der Waals surface area contributed by atoms with Crippen LogP contribution in [0.4, 0.5) is 30.8 Å². The van der Waals surface area contributed by atoms with E-state index in [4.69, 9.17) is 4.74 Å². The molecule has 12 heteroatoms. The monoisotopic (exact) mass is 544 g/mol. The Labute approximate surface area is 226 Å². The maximum absolute atomic E-state index is 13.4. The molecule has 1 fully saturated rings. The molecule has 1 amide bonds. The SMILES string of the molecule is CN1CN(C[C@]2(C)CC(CN(C(=O)O)c3cnc(C(C)(C)O)cn3)CCC2OC(F)F)c2cc(C#N)ccc21. The molecule has 3 atom stereocenters. The number of halogens is 2. The summed E-state index contributed by atoms with van der Waals surface area (Å²) in [6.07, 6.45) is 2.02. The second kappa shape index (κ2) is 10.9. The third-order valence-corrected chi connectivity index (χ3v) is 7.64. The van der Waals surface area contributed by atoms with Crippen molar-refractivity contribution in [2.24, 2.45) is 11.3 Å². The van der Waals surface area contributed by atoms with Crippen molar-refractivity contribution in [2.45, 2.75) is 58.4 Å². The normalized spacial score (nSPS) is 23.1. The van der Waals surface area contributed by atoms with Crippen LogP contribution in [-0.4, -0.2) is 65.8 Å². The Morgan fingerprint density at radius 3 is 2.64 bits per heavy atom. The molecule has 1 aromatic heterocycles. The minimum absolute atomic E-state index is 0.109. The lowest BCUT2D eigenvalue weighted by atomic mass is 9.68. The van der Waals surface area contributed by atoms with Gasteiger partial charge in [0.2, 0.25) is 0 Å². The van der Waals surface area contributed by atoms with E-state index in [-0.39, 0.29) is 18.3 Å². The summed E-state index contributed by atoms with van der Waals surface area (Å²) in [6.45, 7) is 3.12. The first-order chi connectivity index (χ1) is 18.3. The molecule has 210 valence electrons. The van der Waals surface area contributed by atoms with Crippen LogP contribution in [0.15, 0.2) is 30.6 Å². The summed E-state index contributed by atoms with van der Waals surface area (Å²) in [5.41, 5.74) is 0.664. The highest BCUT2D eigenvalue weighted by Crippen LogP contribution is 2.46. The van der Waals surface area contributed by atoms with Crippen molar-refractivity contribution in [3.63, 3.8) is 0 Å². The minimum atomic E-state index is -2.93. The highest BCUT2D eigenvalue weighted by Gasteiger charge is 2.45. The number of anilines is 3. The molecule has 1 aromatic carbocycles. The summed E-state index contributed by atoms with van der Waals surface area (Å²) in [5.74, 6) is -0.0214. The maximum atomic E-state index is 13.4. The summed E-state index contributed by atoms with van der Waals surface area (Å²) in [5, 5.41) is 29.5. The molecule has 0 spiro atoms. The molecule has 4 rings (SSSR count). The van der Waals surface area contributed by atoms with Gasteiger partial charge in [-0.05, 0) is 57.2 Å². The molecule has 1 aliphatic carbocycles. The molecule has 2 aliphatic rings. The molecule has 1 saturated carbocycles. The number of amides is 1. The third-order valence-electron chi connectivity index (χ3n) is 7.64.